The molecular formula is C18H14ClNO2. The predicted octanol–water partition coefficient (Wildman–Crippen LogP) is 3.97. The molecule has 0 fully saturated rings. The first-order valence-corrected chi connectivity index (χ1v) is 7.69. The summed E-state index contributed by atoms with van der Waals surface area (Å²) in [6.45, 7) is 0.637. The van der Waals surface area contributed by atoms with E-state index in [-0.39, 0.29) is 5.43 Å². The summed E-state index contributed by atoms with van der Waals surface area (Å²) in [5.41, 5.74) is 2.57. The van der Waals surface area contributed by atoms with Crippen molar-refractivity contribution in [3.63, 3.8) is 0 Å². The Morgan fingerprint density at radius 3 is 2.73 bits per heavy atom. The minimum Gasteiger partial charge on any atom is -0.478 e. The standard InChI is InChI=1S/C18H14ClNO2/c19-12-8-9-16-15(11-12)17(21)14-7-4-10-22-18(14)20(16)13-5-2-1-3-6-13/h1-3,5-6,8-9,11H,4,7,10H2. The number of para-hydroxylation sites is 1. The molecule has 0 amide bonds. The Morgan fingerprint density at radius 1 is 1.09 bits per heavy atom. The molecule has 0 atom stereocenters. The van der Waals surface area contributed by atoms with Crippen molar-refractivity contribution in [2.75, 3.05) is 6.61 Å². The Morgan fingerprint density at radius 2 is 1.91 bits per heavy atom. The molecule has 0 saturated carbocycles. The third kappa shape index (κ3) is 2.01. The molecular weight excluding hydrogens is 298 g/mol. The summed E-state index contributed by atoms with van der Waals surface area (Å²) in [7, 11) is 0. The molecule has 0 bridgehead atoms. The van der Waals surface area contributed by atoms with Crippen molar-refractivity contribution in [3.05, 3.63) is 69.3 Å². The zero-order valence-electron chi connectivity index (χ0n) is 11.9. The van der Waals surface area contributed by atoms with E-state index < -0.39 is 0 Å². The van der Waals surface area contributed by atoms with E-state index in [1.54, 1.807) is 12.1 Å². The SMILES string of the molecule is O=c1c2c(n(-c3ccccc3)c3ccc(Cl)cc13)OCCC2. The Hall–Kier alpha value is -2.26. The van der Waals surface area contributed by atoms with Gasteiger partial charge in [0.05, 0.1) is 17.7 Å². The fourth-order valence-corrected chi connectivity index (χ4v) is 3.18. The van der Waals surface area contributed by atoms with E-state index in [0.717, 1.165) is 29.6 Å². The normalized spacial score (nSPS) is 13.7. The lowest BCUT2D eigenvalue weighted by atomic mass is 10.0. The van der Waals surface area contributed by atoms with Crippen molar-refractivity contribution in [1.82, 2.24) is 4.57 Å². The number of nitrogens with zero attached hydrogens (tertiary/aromatic N) is 1. The minimum atomic E-state index is 0.0272. The van der Waals surface area contributed by atoms with E-state index in [4.69, 9.17) is 16.3 Å². The molecule has 3 aromatic rings. The molecule has 22 heavy (non-hydrogen) atoms. The number of benzene rings is 2. The molecule has 4 heteroatoms. The van der Waals surface area contributed by atoms with E-state index in [0.29, 0.717) is 22.9 Å². The van der Waals surface area contributed by atoms with Gasteiger partial charge in [0.25, 0.3) is 0 Å². The zero-order valence-corrected chi connectivity index (χ0v) is 12.6. The maximum atomic E-state index is 12.8. The second kappa shape index (κ2) is 5.18. The third-order valence-corrected chi connectivity index (χ3v) is 4.24. The fraction of sp³-hybridized carbons (Fsp3) is 0.167. The number of pyridine rings is 1. The molecule has 4 rings (SSSR count). The van der Waals surface area contributed by atoms with Gasteiger partial charge in [-0.05, 0) is 43.2 Å². The maximum Gasteiger partial charge on any atom is 0.205 e. The van der Waals surface area contributed by atoms with Crippen molar-refractivity contribution >= 4 is 22.5 Å². The van der Waals surface area contributed by atoms with Crippen molar-refractivity contribution < 1.29 is 4.74 Å². The second-order valence-electron chi connectivity index (χ2n) is 5.40. The molecule has 2 heterocycles. The highest BCUT2D eigenvalue weighted by molar-refractivity contribution is 6.31. The monoisotopic (exact) mass is 311 g/mol. The topological polar surface area (TPSA) is 31.2 Å². The van der Waals surface area contributed by atoms with E-state index >= 15 is 0 Å². The number of fused-ring (bicyclic) bond motifs is 2. The lowest BCUT2D eigenvalue weighted by Gasteiger charge is -2.23. The first-order valence-electron chi connectivity index (χ1n) is 7.31. The molecule has 2 aromatic carbocycles. The van der Waals surface area contributed by atoms with Gasteiger partial charge in [0.1, 0.15) is 0 Å². The molecule has 0 unspecified atom stereocenters. The number of aromatic nitrogens is 1. The highest BCUT2D eigenvalue weighted by atomic mass is 35.5. The predicted molar refractivity (Wildman–Crippen MR) is 88.4 cm³/mol. The van der Waals surface area contributed by atoms with Crippen LogP contribution in [0.1, 0.15) is 12.0 Å². The quantitative estimate of drug-likeness (QED) is 0.681. The van der Waals surface area contributed by atoms with Crippen molar-refractivity contribution in [1.29, 1.82) is 0 Å². The van der Waals surface area contributed by atoms with E-state index in [2.05, 4.69) is 0 Å². The zero-order chi connectivity index (χ0) is 15.1. The smallest absolute Gasteiger partial charge is 0.205 e. The highest BCUT2D eigenvalue weighted by Crippen LogP contribution is 2.31. The van der Waals surface area contributed by atoms with Crippen LogP contribution >= 0.6 is 11.6 Å². The third-order valence-electron chi connectivity index (χ3n) is 4.00. The number of hydrogen-bond acceptors (Lipinski definition) is 2. The van der Waals surface area contributed by atoms with Crippen molar-refractivity contribution in [3.8, 4) is 11.6 Å². The van der Waals surface area contributed by atoms with Crippen LogP contribution in [0.15, 0.2) is 53.3 Å². The minimum absolute atomic E-state index is 0.0272. The largest absolute Gasteiger partial charge is 0.478 e. The van der Waals surface area contributed by atoms with Gasteiger partial charge >= 0.3 is 0 Å². The molecule has 0 saturated heterocycles. The van der Waals surface area contributed by atoms with Gasteiger partial charge in [-0.1, -0.05) is 29.8 Å². The highest BCUT2D eigenvalue weighted by Gasteiger charge is 2.22. The first kappa shape index (κ1) is 13.4. The van der Waals surface area contributed by atoms with Gasteiger partial charge in [0, 0.05) is 16.1 Å². The molecule has 1 aliphatic heterocycles. The second-order valence-corrected chi connectivity index (χ2v) is 5.83. The van der Waals surface area contributed by atoms with E-state index in [9.17, 15) is 4.79 Å². The van der Waals surface area contributed by atoms with Gasteiger partial charge in [-0.15, -0.1) is 0 Å². The summed E-state index contributed by atoms with van der Waals surface area (Å²) in [6.07, 6.45) is 1.60. The summed E-state index contributed by atoms with van der Waals surface area (Å²) in [5, 5.41) is 1.21. The first-order chi connectivity index (χ1) is 10.8. The molecule has 0 spiro atoms. The van der Waals surface area contributed by atoms with Crippen LogP contribution in [0.25, 0.3) is 16.6 Å². The van der Waals surface area contributed by atoms with Crippen LogP contribution in [-0.4, -0.2) is 11.2 Å². The molecule has 0 aliphatic carbocycles. The van der Waals surface area contributed by atoms with Crippen molar-refractivity contribution in [2.45, 2.75) is 12.8 Å². The number of hydrogen-bond donors (Lipinski definition) is 0. The Labute approximate surface area is 132 Å². The van der Waals surface area contributed by atoms with Gasteiger partial charge in [-0.2, -0.15) is 0 Å². The summed E-state index contributed by atoms with van der Waals surface area (Å²) >= 11 is 6.09. The van der Waals surface area contributed by atoms with Crippen molar-refractivity contribution in [2.24, 2.45) is 0 Å². The summed E-state index contributed by atoms with van der Waals surface area (Å²) in [4.78, 5) is 12.8. The van der Waals surface area contributed by atoms with Crippen LogP contribution in [0.4, 0.5) is 0 Å². The lowest BCUT2D eigenvalue weighted by molar-refractivity contribution is 0.270. The number of rotatable bonds is 1. The summed E-state index contributed by atoms with van der Waals surface area (Å²) < 4.78 is 7.87. The Balaban J connectivity index is 2.18. The molecule has 1 aromatic heterocycles. The molecule has 1 aliphatic rings. The van der Waals surface area contributed by atoms with Gasteiger partial charge in [-0.25, -0.2) is 0 Å². The number of ether oxygens (including phenoxy) is 1. The van der Waals surface area contributed by atoms with Crippen LogP contribution in [0.3, 0.4) is 0 Å². The molecule has 0 N–H and O–H groups in total. The Kier molecular flexibility index (Phi) is 3.16. The summed E-state index contributed by atoms with van der Waals surface area (Å²) in [5.74, 6) is 0.664. The van der Waals surface area contributed by atoms with Crippen LogP contribution in [-0.2, 0) is 6.42 Å². The number of halogens is 1. The van der Waals surface area contributed by atoms with E-state index in [1.165, 1.54) is 0 Å². The lowest BCUT2D eigenvalue weighted by Crippen LogP contribution is -2.23. The van der Waals surface area contributed by atoms with Crippen LogP contribution < -0.4 is 10.2 Å². The van der Waals surface area contributed by atoms with Gasteiger partial charge in [-0.3, -0.25) is 9.36 Å². The van der Waals surface area contributed by atoms with Crippen LogP contribution in [0.5, 0.6) is 5.88 Å². The maximum absolute atomic E-state index is 12.8. The van der Waals surface area contributed by atoms with E-state index in [1.807, 2.05) is 41.0 Å². The average molecular weight is 312 g/mol. The van der Waals surface area contributed by atoms with Gasteiger partial charge < -0.3 is 4.74 Å². The van der Waals surface area contributed by atoms with Gasteiger partial charge in [0.15, 0.2) is 5.43 Å². The Bertz CT molecular complexity index is 916. The molecule has 0 radical (unpaired) electrons. The molecule has 110 valence electrons. The van der Waals surface area contributed by atoms with Crippen LogP contribution in [0.2, 0.25) is 5.02 Å². The van der Waals surface area contributed by atoms with Crippen LogP contribution in [0, 0.1) is 0 Å². The summed E-state index contributed by atoms with van der Waals surface area (Å²) in [6, 6.07) is 15.4. The van der Waals surface area contributed by atoms with Gasteiger partial charge in [0.2, 0.25) is 5.88 Å². The fourth-order valence-electron chi connectivity index (χ4n) is 3.01. The molecule has 3 nitrogen and oxygen atoms in total. The average Bonchev–Trinajstić information content (AvgIpc) is 2.57.